The number of hydrogen-bond donors (Lipinski definition) is 1. The molecule has 0 amide bonds. The van der Waals surface area contributed by atoms with Crippen LogP contribution in [-0.2, 0) is 4.74 Å². The molecule has 0 fully saturated rings. The highest BCUT2D eigenvalue weighted by molar-refractivity contribution is 5.94. The monoisotopic (exact) mass is 224 g/mol. The second kappa shape index (κ2) is 5.46. The molecule has 1 heterocycles. The second-order valence-electron chi connectivity index (χ2n) is 3.55. The molecule has 0 aromatic carbocycles. The van der Waals surface area contributed by atoms with Crippen LogP contribution in [0.4, 0.5) is 5.82 Å². The first kappa shape index (κ1) is 12.4. The summed E-state index contributed by atoms with van der Waals surface area (Å²) in [6.45, 7) is 2.90. The van der Waals surface area contributed by atoms with E-state index in [-0.39, 0.29) is 5.56 Å². The Morgan fingerprint density at radius 2 is 2.31 bits per heavy atom. The van der Waals surface area contributed by atoms with Crippen LogP contribution in [0.1, 0.15) is 15.9 Å². The number of carboxylic acid groups (broad SMARTS) is 1. The molecule has 0 atom stereocenters. The number of anilines is 1. The van der Waals surface area contributed by atoms with Gasteiger partial charge in [-0.15, -0.1) is 0 Å². The molecule has 0 saturated carbocycles. The van der Waals surface area contributed by atoms with Gasteiger partial charge in [-0.05, 0) is 18.6 Å². The van der Waals surface area contributed by atoms with Crippen LogP contribution in [0.2, 0.25) is 0 Å². The first-order valence-electron chi connectivity index (χ1n) is 4.97. The predicted octanol–water partition coefficient (Wildman–Crippen LogP) is 1.17. The molecule has 0 aliphatic rings. The highest BCUT2D eigenvalue weighted by Gasteiger charge is 2.17. The molecule has 0 saturated heterocycles. The Hall–Kier alpha value is -1.62. The van der Waals surface area contributed by atoms with Crippen molar-refractivity contribution in [2.75, 3.05) is 32.2 Å². The molecule has 1 aromatic heterocycles. The van der Waals surface area contributed by atoms with E-state index in [1.165, 1.54) is 0 Å². The summed E-state index contributed by atoms with van der Waals surface area (Å²) in [5.74, 6) is -0.477. The SMILES string of the molecule is COCCN(C)c1nccc(C)c1C(=O)O. The molecule has 0 aliphatic heterocycles. The van der Waals surface area contributed by atoms with Gasteiger partial charge in [0.1, 0.15) is 11.4 Å². The zero-order valence-electron chi connectivity index (χ0n) is 9.73. The summed E-state index contributed by atoms with van der Waals surface area (Å²) in [7, 11) is 3.41. The number of nitrogens with zero attached hydrogens (tertiary/aromatic N) is 2. The highest BCUT2D eigenvalue weighted by atomic mass is 16.5. The van der Waals surface area contributed by atoms with Gasteiger partial charge in [0, 0.05) is 26.9 Å². The zero-order chi connectivity index (χ0) is 12.1. The van der Waals surface area contributed by atoms with Crippen LogP contribution >= 0.6 is 0 Å². The van der Waals surface area contributed by atoms with Crippen molar-refractivity contribution in [1.29, 1.82) is 0 Å². The van der Waals surface area contributed by atoms with Crippen molar-refractivity contribution in [3.63, 3.8) is 0 Å². The van der Waals surface area contributed by atoms with Gasteiger partial charge in [-0.1, -0.05) is 0 Å². The van der Waals surface area contributed by atoms with E-state index in [0.717, 1.165) is 0 Å². The van der Waals surface area contributed by atoms with E-state index < -0.39 is 5.97 Å². The summed E-state index contributed by atoms with van der Waals surface area (Å²) in [5, 5.41) is 9.12. The van der Waals surface area contributed by atoms with E-state index in [9.17, 15) is 4.79 Å². The van der Waals surface area contributed by atoms with Crippen molar-refractivity contribution in [3.05, 3.63) is 23.4 Å². The molecule has 0 radical (unpaired) electrons. The zero-order valence-corrected chi connectivity index (χ0v) is 9.73. The lowest BCUT2D eigenvalue weighted by Gasteiger charge is -2.20. The number of ether oxygens (including phenoxy) is 1. The summed E-state index contributed by atoms with van der Waals surface area (Å²) in [4.78, 5) is 17.0. The van der Waals surface area contributed by atoms with Gasteiger partial charge in [-0.3, -0.25) is 0 Å². The molecule has 0 spiro atoms. The second-order valence-corrected chi connectivity index (χ2v) is 3.55. The maximum Gasteiger partial charge on any atom is 0.339 e. The largest absolute Gasteiger partial charge is 0.478 e. The average molecular weight is 224 g/mol. The molecule has 1 aromatic rings. The molecule has 0 bridgehead atoms. The Balaban J connectivity index is 3.02. The maximum absolute atomic E-state index is 11.1. The summed E-state index contributed by atoms with van der Waals surface area (Å²) in [6.07, 6.45) is 1.61. The molecule has 0 unspecified atom stereocenters. The van der Waals surface area contributed by atoms with Gasteiger partial charge in [-0.2, -0.15) is 0 Å². The molecule has 5 heteroatoms. The van der Waals surface area contributed by atoms with Gasteiger partial charge in [0.2, 0.25) is 0 Å². The Morgan fingerprint density at radius 1 is 1.62 bits per heavy atom. The molecule has 0 aliphatic carbocycles. The van der Waals surface area contributed by atoms with Crippen molar-refractivity contribution in [2.24, 2.45) is 0 Å². The van der Waals surface area contributed by atoms with Crippen molar-refractivity contribution in [1.82, 2.24) is 4.98 Å². The summed E-state index contributed by atoms with van der Waals surface area (Å²) < 4.78 is 4.95. The lowest BCUT2D eigenvalue weighted by Crippen LogP contribution is -2.25. The van der Waals surface area contributed by atoms with Crippen LogP contribution < -0.4 is 4.90 Å². The minimum atomic E-state index is -0.954. The maximum atomic E-state index is 11.1. The van der Waals surface area contributed by atoms with E-state index in [4.69, 9.17) is 9.84 Å². The van der Waals surface area contributed by atoms with E-state index in [1.54, 1.807) is 38.2 Å². The minimum absolute atomic E-state index is 0.251. The quantitative estimate of drug-likeness (QED) is 0.813. The van der Waals surface area contributed by atoms with Gasteiger partial charge in [0.25, 0.3) is 0 Å². The smallest absolute Gasteiger partial charge is 0.339 e. The third kappa shape index (κ3) is 2.70. The van der Waals surface area contributed by atoms with Gasteiger partial charge >= 0.3 is 5.97 Å². The first-order chi connectivity index (χ1) is 7.57. The standard InChI is InChI=1S/C11H16N2O3/c1-8-4-5-12-10(9(8)11(14)15)13(2)6-7-16-3/h4-5H,6-7H2,1-3H3,(H,14,15). The van der Waals surface area contributed by atoms with Gasteiger partial charge < -0.3 is 14.7 Å². The number of pyridine rings is 1. The van der Waals surface area contributed by atoms with Crippen molar-refractivity contribution < 1.29 is 14.6 Å². The number of hydrogen-bond acceptors (Lipinski definition) is 4. The molecule has 16 heavy (non-hydrogen) atoms. The van der Waals surface area contributed by atoms with Crippen molar-refractivity contribution in [3.8, 4) is 0 Å². The normalized spacial score (nSPS) is 10.2. The van der Waals surface area contributed by atoms with Crippen LogP contribution in [0.5, 0.6) is 0 Å². The minimum Gasteiger partial charge on any atom is -0.478 e. The number of carbonyl (C=O) groups is 1. The van der Waals surface area contributed by atoms with E-state index in [2.05, 4.69) is 4.98 Å². The fourth-order valence-corrected chi connectivity index (χ4v) is 1.43. The summed E-state index contributed by atoms with van der Waals surface area (Å²) in [5.41, 5.74) is 0.961. The van der Waals surface area contributed by atoms with Gasteiger partial charge in [0.05, 0.1) is 6.61 Å². The number of likely N-dealkylation sites (N-methyl/N-ethyl adjacent to an activating group) is 1. The Bertz CT molecular complexity index is 379. The van der Waals surface area contributed by atoms with Gasteiger partial charge in [0.15, 0.2) is 0 Å². The highest BCUT2D eigenvalue weighted by Crippen LogP contribution is 2.19. The Kier molecular flexibility index (Phi) is 4.25. The topological polar surface area (TPSA) is 62.7 Å². The van der Waals surface area contributed by atoms with E-state index in [1.807, 2.05) is 0 Å². The molecule has 5 nitrogen and oxygen atoms in total. The molecule has 1 rings (SSSR count). The number of carboxylic acids is 1. The van der Waals surface area contributed by atoms with Crippen LogP contribution in [0.3, 0.4) is 0 Å². The Morgan fingerprint density at radius 3 is 2.88 bits per heavy atom. The third-order valence-electron chi connectivity index (χ3n) is 2.35. The molecule has 88 valence electrons. The van der Waals surface area contributed by atoms with Crippen LogP contribution in [0.25, 0.3) is 0 Å². The lowest BCUT2D eigenvalue weighted by atomic mass is 10.1. The fourth-order valence-electron chi connectivity index (χ4n) is 1.43. The van der Waals surface area contributed by atoms with Crippen LogP contribution in [0.15, 0.2) is 12.3 Å². The first-order valence-corrected chi connectivity index (χ1v) is 4.97. The lowest BCUT2D eigenvalue weighted by molar-refractivity contribution is 0.0696. The summed E-state index contributed by atoms with van der Waals surface area (Å²) >= 11 is 0. The van der Waals surface area contributed by atoms with Crippen LogP contribution in [0, 0.1) is 6.92 Å². The molecular weight excluding hydrogens is 208 g/mol. The van der Waals surface area contributed by atoms with E-state index in [0.29, 0.717) is 24.5 Å². The Labute approximate surface area is 94.7 Å². The van der Waals surface area contributed by atoms with Gasteiger partial charge in [-0.25, -0.2) is 9.78 Å². The number of aromatic nitrogens is 1. The van der Waals surface area contributed by atoms with E-state index >= 15 is 0 Å². The van der Waals surface area contributed by atoms with Crippen molar-refractivity contribution >= 4 is 11.8 Å². The number of aryl methyl sites for hydroxylation is 1. The predicted molar refractivity (Wildman–Crippen MR) is 61.1 cm³/mol. The molecule has 1 N–H and O–H groups in total. The summed E-state index contributed by atoms with van der Waals surface area (Å²) in [6, 6.07) is 1.69. The molecular formula is C11H16N2O3. The fraction of sp³-hybridized carbons (Fsp3) is 0.455. The average Bonchev–Trinajstić information content (AvgIpc) is 2.24. The number of methoxy groups -OCH3 is 1. The third-order valence-corrected chi connectivity index (χ3v) is 2.35. The van der Waals surface area contributed by atoms with Crippen LogP contribution in [-0.4, -0.2) is 43.4 Å². The van der Waals surface area contributed by atoms with Crippen molar-refractivity contribution in [2.45, 2.75) is 6.92 Å². The number of aromatic carboxylic acids is 1. The number of rotatable bonds is 5.